The van der Waals surface area contributed by atoms with Crippen molar-refractivity contribution in [3.8, 4) is 0 Å². The molecule has 12 heavy (non-hydrogen) atoms. The first kappa shape index (κ1) is 15.0. The minimum Gasteiger partial charge on any atom is -0.330 e. The monoisotopic (exact) mass is 213 g/mol. The smallest absolute Gasteiger partial charge is 0.0937 e. The summed E-state index contributed by atoms with van der Waals surface area (Å²) in [5.74, 6) is 0. The normalized spacial score (nSPS) is 11.9. The maximum Gasteiger partial charge on any atom is 0.0937 e. The molecule has 0 heterocycles. The van der Waals surface area contributed by atoms with Gasteiger partial charge in [0.05, 0.1) is 7.14 Å². The van der Waals surface area contributed by atoms with Crippen molar-refractivity contribution in [3.05, 3.63) is 0 Å². The third kappa shape index (κ3) is 3.47. The van der Waals surface area contributed by atoms with Crippen molar-refractivity contribution in [1.29, 1.82) is 0 Å². The van der Waals surface area contributed by atoms with Crippen LogP contribution in [0.3, 0.4) is 0 Å². The van der Waals surface area contributed by atoms with Gasteiger partial charge in [0.2, 0.25) is 0 Å². The molecular formula is C8H21ClNOP. The highest BCUT2D eigenvalue weighted by atomic mass is 35.5. The zero-order chi connectivity index (χ0) is 9.07. The molecule has 0 atom stereocenters. The number of nitrogens with two attached hydrogens (primary N) is 1. The fourth-order valence-electron chi connectivity index (χ4n) is 1.31. The Labute approximate surface area is 82.1 Å². The van der Waals surface area contributed by atoms with Crippen LogP contribution >= 0.6 is 19.5 Å². The topological polar surface area (TPSA) is 43.1 Å². The summed E-state index contributed by atoms with van der Waals surface area (Å²) in [5, 5.41) is 0. The number of halogens is 1. The van der Waals surface area contributed by atoms with E-state index in [1.54, 1.807) is 0 Å². The van der Waals surface area contributed by atoms with E-state index in [4.69, 9.17) is 5.73 Å². The van der Waals surface area contributed by atoms with Gasteiger partial charge >= 0.3 is 0 Å². The fraction of sp³-hybridized carbons (Fsp3) is 1.00. The van der Waals surface area contributed by atoms with Crippen LogP contribution in [0.2, 0.25) is 0 Å². The van der Waals surface area contributed by atoms with Gasteiger partial charge in [-0.15, -0.1) is 12.4 Å². The SMILES string of the molecule is CC(C)P(=O)(CCN)C(C)C.Cl. The molecule has 0 fully saturated rings. The largest absolute Gasteiger partial charge is 0.330 e. The second kappa shape index (κ2) is 6.01. The Morgan fingerprint density at radius 2 is 1.50 bits per heavy atom. The first-order valence-corrected chi connectivity index (χ1v) is 6.26. The quantitative estimate of drug-likeness (QED) is 0.730. The minimum absolute atomic E-state index is 0. The molecule has 0 amide bonds. The molecule has 0 rings (SSSR count). The zero-order valence-corrected chi connectivity index (χ0v) is 10.1. The molecule has 0 saturated heterocycles. The minimum atomic E-state index is -1.99. The lowest BCUT2D eigenvalue weighted by atomic mass is 10.5. The molecule has 2 nitrogen and oxygen atoms in total. The molecule has 0 spiro atoms. The van der Waals surface area contributed by atoms with E-state index in [-0.39, 0.29) is 23.7 Å². The molecular weight excluding hydrogens is 193 g/mol. The van der Waals surface area contributed by atoms with Crippen LogP contribution in [0.1, 0.15) is 27.7 Å². The van der Waals surface area contributed by atoms with Crippen LogP contribution in [0.4, 0.5) is 0 Å². The Morgan fingerprint density at radius 1 is 1.17 bits per heavy atom. The van der Waals surface area contributed by atoms with Crippen molar-refractivity contribution in [3.63, 3.8) is 0 Å². The molecule has 0 aliphatic carbocycles. The molecule has 0 aliphatic heterocycles. The van der Waals surface area contributed by atoms with Crippen molar-refractivity contribution < 1.29 is 4.57 Å². The van der Waals surface area contributed by atoms with Gasteiger partial charge in [-0.2, -0.15) is 0 Å². The highest BCUT2D eigenvalue weighted by molar-refractivity contribution is 7.65. The van der Waals surface area contributed by atoms with E-state index < -0.39 is 7.14 Å². The Bertz CT molecular complexity index is 147. The maximum absolute atomic E-state index is 12.1. The molecule has 0 unspecified atom stereocenters. The van der Waals surface area contributed by atoms with E-state index >= 15 is 0 Å². The summed E-state index contributed by atoms with van der Waals surface area (Å²) in [5.41, 5.74) is 5.98. The Balaban J connectivity index is 0. The summed E-state index contributed by atoms with van der Waals surface area (Å²) < 4.78 is 12.1. The van der Waals surface area contributed by atoms with Crippen LogP contribution in [0.15, 0.2) is 0 Å². The Hall–Kier alpha value is 0.480. The third-order valence-electron chi connectivity index (χ3n) is 2.23. The van der Waals surface area contributed by atoms with Gasteiger partial charge in [-0.05, 0) is 6.54 Å². The van der Waals surface area contributed by atoms with E-state index in [0.29, 0.717) is 12.7 Å². The van der Waals surface area contributed by atoms with Gasteiger partial charge < -0.3 is 10.3 Å². The van der Waals surface area contributed by atoms with Gasteiger partial charge in [-0.25, -0.2) is 0 Å². The fourth-order valence-corrected chi connectivity index (χ4v) is 3.94. The summed E-state index contributed by atoms with van der Waals surface area (Å²) in [6, 6.07) is 0. The summed E-state index contributed by atoms with van der Waals surface area (Å²) in [6.45, 7) is 8.65. The van der Waals surface area contributed by atoms with Gasteiger partial charge in [0.25, 0.3) is 0 Å². The lowest BCUT2D eigenvalue weighted by molar-refractivity contribution is 0.561. The molecule has 0 bridgehead atoms. The molecule has 0 aromatic carbocycles. The lowest BCUT2D eigenvalue weighted by Crippen LogP contribution is -2.16. The summed E-state index contributed by atoms with van der Waals surface area (Å²) >= 11 is 0. The van der Waals surface area contributed by atoms with E-state index in [9.17, 15) is 4.57 Å². The number of rotatable bonds is 4. The van der Waals surface area contributed by atoms with E-state index in [1.807, 2.05) is 27.7 Å². The van der Waals surface area contributed by atoms with Gasteiger partial charge in [-0.1, -0.05) is 27.7 Å². The lowest BCUT2D eigenvalue weighted by Gasteiger charge is -2.25. The van der Waals surface area contributed by atoms with Crippen molar-refractivity contribution in [2.45, 2.75) is 39.0 Å². The molecule has 4 heteroatoms. The zero-order valence-electron chi connectivity index (χ0n) is 8.41. The summed E-state index contributed by atoms with van der Waals surface area (Å²) in [4.78, 5) is 0. The highest BCUT2D eigenvalue weighted by Crippen LogP contribution is 2.54. The van der Waals surface area contributed by atoms with Gasteiger partial charge in [0, 0.05) is 17.5 Å². The van der Waals surface area contributed by atoms with Crippen LogP contribution in [0, 0.1) is 0 Å². The molecule has 2 N–H and O–H groups in total. The number of hydrogen-bond donors (Lipinski definition) is 1. The molecule has 0 radical (unpaired) electrons. The van der Waals surface area contributed by atoms with Crippen LogP contribution in [0.5, 0.6) is 0 Å². The van der Waals surface area contributed by atoms with Crippen LogP contribution in [0.25, 0.3) is 0 Å². The van der Waals surface area contributed by atoms with Gasteiger partial charge in [0.1, 0.15) is 0 Å². The van der Waals surface area contributed by atoms with Crippen molar-refractivity contribution >= 4 is 19.5 Å². The van der Waals surface area contributed by atoms with Crippen molar-refractivity contribution in [2.24, 2.45) is 5.73 Å². The molecule has 0 aromatic rings. The second-order valence-electron chi connectivity index (χ2n) is 3.55. The van der Waals surface area contributed by atoms with Crippen LogP contribution in [-0.4, -0.2) is 24.0 Å². The molecule has 0 aliphatic rings. The average molecular weight is 214 g/mol. The van der Waals surface area contributed by atoms with E-state index in [0.717, 1.165) is 0 Å². The summed E-state index contributed by atoms with van der Waals surface area (Å²) in [6.07, 6.45) is 0.697. The Morgan fingerprint density at radius 3 is 1.58 bits per heavy atom. The molecule has 76 valence electrons. The second-order valence-corrected chi connectivity index (χ2v) is 7.77. The van der Waals surface area contributed by atoms with Crippen LogP contribution in [-0.2, 0) is 4.57 Å². The maximum atomic E-state index is 12.1. The van der Waals surface area contributed by atoms with Crippen molar-refractivity contribution in [1.82, 2.24) is 0 Å². The standard InChI is InChI=1S/C8H20NOP.ClH/c1-7(2)11(10,6-5-9)8(3)4;/h7-8H,5-6,9H2,1-4H3;1H. The first-order valence-electron chi connectivity index (χ1n) is 4.23. The Kier molecular flexibility index (Phi) is 7.50. The van der Waals surface area contributed by atoms with E-state index in [1.165, 1.54) is 0 Å². The third-order valence-corrected chi connectivity index (χ3v) is 6.68. The van der Waals surface area contributed by atoms with Crippen molar-refractivity contribution in [2.75, 3.05) is 12.7 Å². The first-order chi connectivity index (χ1) is 4.95. The average Bonchev–Trinajstić information content (AvgIpc) is 1.87. The summed E-state index contributed by atoms with van der Waals surface area (Å²) in [7, 11) is -1.99. The predicted octanol–water partition coefficient (Wildman–Crippen LogP) is 2.55. The molecule has 0 saturated carbocycles. The van der Waals surface area contributed by atoms with Gasteiger partial charge in [0.15, 0.2) is 0 Å². The van der Waals surface area contributed by atoms with Crippen LogP contribution < -0.4 is 5.73 Å². The molecule has 0 aromatic heterocycles. The number of hydrogen-bond acceptors (Lipinski definition) is 2. The predicted molar refractivity (Wildman–Crippen MR) is 59.0 cm³/mol. The highest BCUT2D eigenvalue weighted by Gasteiger charge is 2.28. The van der Waals surface area contributed by atoms with Gasteiger partial charge in [-0.3, -0.25) is 0 Å². The van der Waals surface area contributed by atoms with E-state index in [2.05, 4.69) is 0 Å².